The number of hydrogen-bond acceptors (Lipinski definition) is 6. The Morgan fingerprint density at radius 2 is 1.83 bits per heavy atom. The summed E-state index contributed by atoms with van der Waals surface area (Å²) in [6, 6.07) is -1.64. The number of ether oxygens (including phenoxy) is 1. The van der Waals surface area contributed by atoms with E-state index in [9.17, 15) is 37.6 Å². The highest BCUT2D eigenvalue weighted by Gasteiger charge is 2.70. The summed E-state index contributed by atoms with van der Waals surface area (Å²) in [7, 11) is 0. The smallest absolute Gasteiger partial charge is 0.370 e. The van der Waals surface area contributed by atoms with Gasteiger partial charge in [-0.15, -0.1) is 0 Å². The van der Waals surface area contributed by atoms with Crippen LogP contribution in [-0.2, 0) is 23.9 Å². The summed E-state index contributed by atoms with van der Waals surface area (Å²) in [4.78, 5) is 53.1. The third-order valence-electron chi connectivity index (χ3n) is 10.2. The minimum Gasteiger partial charge on any atom is -0.370 e. The van der Waals surface area contributed by atoms with Crippen LogP contribution in [0.1, 0.15) is 72.6 Å². The van der Waals surface area contributed by atoms with Crippen LogP contribution in [0.5, 0.6) is 0 Å². The SMILES string of the molecule is C[C@@H](OC1(C)CCC1)[C@H](NC(=O)C(F)(F)F)C(=O)N1CC2C(C1C(=O)N[C@H](C#N)C[C@@H]1CC3(CC3)NC1=O)C2(C)C. The Balaban J connectivity index is 1.33. The highest BCUT2D eigenvalue weighted by Crippen LogP contribution is 2.65. The molecule has 0 aromatic rings. The van der Waals surface area contributed by atoms with Gasteiger partial charge in [-0.25, -0.2) is 0 Å². The van der Waals surface area contributed by atoms with Crippen LogP contribution in [0.25, 0.3) is 0 Å². The molecule has 3 unspecified atom stereocenters. The molecule has 10 nitrogen and oxygen atoms in total. The minimum atomic E-state index is -5.21. The number of likely N-dealkylation sites (tertiary alicyclic amines) is 1. The molecule has 0 aromatic heterocycles. The van der Waals surface area contributed by atoms with E-state index in [1.807, 2.05) is 32.2 Å². The Hall–Kier alpha value is -2.88. The van der Waals surface area contributed by atoms with Gasteiger partial charge in [0.25, 0.3) is 0 Å². The molecular weight excluding hydrogens is 543 g/mol. The topological polar surface area (TPSA) is 141 Å². The summed E-state index contributed by atoms with van der Waals surface area (Å²) in [6.45, 7) is 7.29. The van der Waals surface area contributed by atoms with Gasteiger partial charge >= 0.3 is 12.1 Å². The zero-order valence-corrected chi connectivity index (χ0v) is 23.8. The standard InChI is InChI=1S/C28H38F3N5O5/c1-14(41-26(4)6-5-7-26)19(34-24(40)28(29,30)31)23(39)36-13-17-18(25(17,2)3)20(36)22(38)33-16(12-32)10-15-11-27(8-9-27)35-21(15)37/h14-20H,5-11,13H2,1-4H3,(H,33,38)(H,34,40)(H,35,37)/t14-,15-,16+,17?,18?,19+,20?/m1/s1. The number of hydrogen-bond donors (Lipinski definition) is 3. The Labute approximate surface area is 237 Å². The van der Waals surface area contributed by atoms with Gasteiger partial charge in [-0.2, -0.15) is 18.4 Å². The number of carbonyl (C=O) groups excluding carboxylic acids is 4. The van der Waals surface area contributed by atoms with Crippen molar-refractivity contribution in [3.05, 3.63) is 0 Å². The second kappa shape index (κ2) is 9.85. The van der Waals surface area contributed by atoms with Crippen LogP contribution in [0.4, 0.5) is 13.2 Å². The molecule has 3 N–H and O–H groups in total. The van der Waals surface area contributed by atoms with Gasteiger partial charge in [0.1, 0.15) is 18.1 Å². The van der Waals surface area contributed by atoms with Crippen molar-refractivity contribution < 1.29 is 37.1 Å². The average Bonchev–Trinajstić information content (AvgIpc) is 3.58. The molecule has 3 aliphatic carbocycles. The first kappa shape index (κ1) is 29.6. The summed E-state index contributed by atoms with van der Waals surface area (Å²) in [6.07, 6.45) is -1.56. The van der Waals surface area contributed by atoms with Crippen LogP contribution in [-0.4, -0.2) is 76.6 Å². The number of nitrogens with one attached hydrogen (secondary N) is 3. The quantitative estimate of drug-likeness (QED) is 0.380. The maximum atomic E-state index is 13.9. The molecular formula is C28H38F3N5O5. The number of alkyl halides is 3. The van der Waals surface area contributed by atoms with Crippen molar-refractivity contribution in [2.45, 2.75) is 114 Å². The Morgan fingerprint density at radius 1 is 1.17 bits per heavy atom. The lowest BCUT2D eigenvalue weighted by atomic mass is 9.81. The molecule has 2 aliphatic heterocycles. The molecule has 5 rings (SSSR count). The monoisotopic (exact) mass is 581 g/mol. The van der Waals surface area contributed by atoms with Gasteiger partial charge in [0, 0.05) is 18.0 Å². The van der Waals surface area contributed by atoms with Gasteiger partial charge in [0.05, 0.1) is 17.8 Å². The summed E-state index contributed by atoms with van der Waals surface area (Å²) < 4.78 is 45.7. The van der Waals surface area contributed by atoms with Crippen LogP contribution in [0.2, 0.25) is 0 Å². The van der Waals surface area contributed by atoms with Crippen LogP contribution in [0.15, 0.2) is 0 Å². The first-order chi connectivity index (χ1) is 19.0. The van der Waals surface area contributed by atoms with Crippen molar-refractivity contribution in [1.82, 2.24) is 20.9 Å². The first-order valence-electron chi connectivity index (χ1n) is 14.4. The number of carbonyl (C=O) groups is 4. The maximum Gasteiger partial charge on any atom is 0.471 e. The lowest BCUT2D eigenvalue weighted by Gasteiger charge is -2.43. The van der Waals surface area contributed by atoms with Crippen molar-refractivity contribution in [2.24, 2.45) is 23.2 Å². The van der Waals surface area contributed by atoms with Crippen molar-refractivity contribution in [3.63, 3.8) is 0 Å². The van der Waals surface area contributed by atoms with Crippen LogP contribution in [0.3, 0.4) is 0 Å². The number of nitrogens with zero attached hydrogens (tertiary/aromatic N) is 2. The van der Waals surface area contributed by atoms with E-state index < -0.39 is 59.6 Å². The Bertz CT molecular complexity index is 1170. The van der Waals surface area contributed by atoms with E-state index in [0.29, 0.717) is 19.3 Å². The van der Waals surface area contributed by atoms with Crippen molar-refractivity contribution in [2.75, 3.05) is 6.54 Å². The second-order valence-corrected chi connectivity index (χ2v) is 13.6. The van der Waals surface area contributed by atoms with Crippen molar-refractivity contribution >= 4 is 23.6 Å². The van der Waals surface area contributed by atoms with E-state index in [2.05, 4.69) is 10.6 Å². The molecule has 4 amide bonds. The molecule has 0 radical (unpaired) electrons. The number of fused-ring (bicyclic) bond motifs is 1. The molecule has 0 bridgehead atoms. The minimum absolute atomic E-state index is 0.0718. The summed E-state index contributed by atoms with van der Waals surface area (Å²) in [5, 5.41) is 17.3. The average molecular weight is 582 g/mol. The maximum absolute atomic E-state index is 13.9. The fourth-order valence-electron chi connectivity index (χ4n) is 7.24. The molecule has 0 aromatic carbocycles. The predicted octanol–water partition coefficient (Wildman–Crippen LogP) is 1.93. The van der Waals surface area contributed by atoms with E-state index in [4.69, 9.17) is 4.74 Å². The van der Waals surface area contributed by atoms with E-state index in [1.165, 1.54) is 11.8 Å². The van der Waals surface area contributed by atoms with Gasteiger partial charge < -0.3 is 25.6 Å². The van der Waals surface area contributed by atoms with Gasteiger partial charge in [-0.05, 0) is 76.0 Å². The molecule has 5 fully saturated rings. The van der Waals surface area contributed by atoms with Gasteiger partial charge in [-0.3, -0.25) is 19.2 Å². The molecule has 41 heavy (non-hydrogen) atoms. The number of piperidine rings is 1. The number of halogens is 3. The molecule has 2 saturated heterocycles. The molecule has 226 valence electrons. The number of nitriles is 1. The lowest BCUT2D eigenvalue weighted by Crippen LogP contribution is -2.61. The third kappa shape index (κ3) is 5.51. The normalized spacial score (nSPS) is 32.0. The van der Waals surface area contributed by atoms with Crippen molar-refractivity contribution in [1.29, 1.82) is 5.26 Å². The summed E-state index contributed by atoms with van der Waals surface area (Å²) in [5.41, 5.74) is -1.09. The molecule has 3 saturated carbocycles. The van der Waals surface area contributed by atoms with E-state index in [-0.39, 0.29) is 41.7 Å². The highest BCUT2D eigenvalue weighted by molar-refractivity contribution is 5.95. The van der Waals surface area contributed by atoms with E-state index in [0.717, 1.165) is 19.3 Å². The van der Waals surface area contributed by atoms with Crippen LogP contribution in [0, 0.1) is 34.5 Å². The van der Waals surface area contributed by atoms with Gasteiger partial charge in [0.2, 0.25) is 17.7 Å². The summed E-state index contributed by atoms with van der Waals surface area (Å²) >= 11 is 0. The number of amides is 4. The third-order valence-corrected chi connectivity index (χ3v) is 10.2. The summed E-state index contributed by atoms with van der Waals surface area (Å²) in [5.74, 6) is -4.59. The fourth-order valence-corrected chi connectivity index (χ4v) is 7.24. The van der Waals surface area contributed by atoms with Crippen LogP contribution >= 0.6 is 0 Å². The molecule has 13 heteroatoms. The molecule has 2 heterocycles. The van der Waals surface area contributed by atoms with Gasteiger partial charge in [-0.1, -0.05) is 13.8 Å². The van der Waals surface area contributed by atoms with E-state index in [1.54, 1.807) is 0 Å². The largest absolute Gasteiger partial charge is 0.471 e. The Kier molecular flexibility index (Phi) is 7.11. The zero-order chi connectivity index (χ0) is 30.1. The zero-order valence-electron chi connectivity index (χ0n) is 23.8. The van der Waals surface area contributed by atoms with Crippen LogP contribution < -0.4 is 16.0 Å². The predicted molar refractivity (Wildman–Crippen MR) is 137 cm³/mol. The fraction of sp³-hybridized carbons (Fsp3) is 0.821. The van der Waals surface area contributed by atoms with Crippen molar-refractivity contribution in [3.8, 4) is 6.07 Å². The lowest BCUT2D eigenvalue weighted by molar-refractivity contribution is -0.180. The molecule has 1 spiro atoms. The molecule has 7 atom stereocenters. The first-order valence-corrected chi connectivity index (χ1v) is 14.4. The van der Waals surface area contributed by atoms with E-state index >= 15 is 0 Å². The molecule has 5 aliphatic rings. The highest BCUT2D eigenvalue weighted by atomic mass is 19.4. The number of rotatable bonds is 9. The second-order valence-electron chi connectivity index (χ2n) is 13.6. The van der Waals surface area contributed by atoms with Gasteiger partial charge in [0.15, 0.2) is 0 Å². The Morgan fingerprint density at radius 3 is 2.34 bits per heavy atom.